The first-order valence-corrected chi connectivity index (χ1v) is 6.89. The number of nitrogens with one attached hydrogen (secondary N) is 1. The molecule has 0 heterocycles. The van der Waals surface area contributed by atoms with Gasteiger partial charge < -0.3 is 15.2 Å². The molecule has 6 heteroatoms. The van der Waals surface area contributed by atoms with Gasteiger partial charge in [0.25, 0.3) is 0 Å². The maximum atomic E-state index is 13.0. The number of benzene rings is 1. The van der Waals surface area contributed by atoms with Crippen LogP contribution in [0.5, 0.6) is 0 Å². The van der Waals surface area contributed by atoms with Gasteiger partial charge in [-0.1, -0.05) is 18.2 Å². The van der Waals surface area contributed by atoms with Crippen LogP contribution in [0.25, 0.3) is 0 Å². The first-order chi connectivity index (χ1) is 10.4. The average molecular weight is 309 g/mol. The molecule has 1 atom stereocenters. The van der Waals surface area contributed by atoms with Gasteiger partial charge in [-0.05, 0) is 31.0 Å². The number of carboxylic acid groups (broad SMARTS) is 1. The van der Waals surface area contributed by atoms with Crippen molar-refractivity contribution in [1.82, 2.24) is 5.32 Å². The Kier molecular flexibility index (Phi) is 6.72. The SMILES string of the molecule is C=CCOCCCC(=O)NC(C)(C(=O)O)c1ccc(F)cc1. The molecule has 0 aliphatic heterocycles. The highest BCUT2D eigenvalue weighted by Gasteiger charge is 2.36. The molecular weight excluding hydrogens is 289 g/mol. The van der Waals surface area contributed by atoms with Crippen molar-refractivity contribution in [3.05, 3.63) is 48.3 Å². The lowest BCUT2D eigenvalue weighted by Gasteiger charge is -2.26. The summed E-state index contributed by atoms with van der Waals surface area (Å²) in [5.41, 5.74) is -1.30. The predicted octanol–water partition coefficient (Wildman–Crippen LogP) is 2.22. The summed E-state index contributed by atoms with van der Waals surface area (Å²) in [7, 11) is 0. The van der Waals surface area contributed by atoms with Gasteiger partial charge >= 0.3 is 5.97 Å². The summed E-state index contributed by atoms with van der Waals surface area (Å²) in [5.74, 6) is -2.09. The van der Waals surface area contributed by atoms with Crippen molar-refractivity contribution in [2.24, 2.45) is 0 Å². The third-order valence-corrected chi connectivity index (χ3v) is 3.17. The number of hydrogen-bond donors (Lipinski definition) is 2. The van der Waals surface area contributed by atoms with E-state index in [4.69, 9.17) is 4.74 Å². The van der Waals surface area contributed by atoms with Gasteiger partial charge in [0.15, 0.2) is 5.54 Å². The second kappa shape index (κ2) is 8.29. The van der Waals surface area contributed by atoms with E-state index in [-0.39, 0.29) is 6.42 Å². The molecule has 0 aromatic heterocycles. The van der Waals surface area contributed by atoms with Crippen molar-refractivity contribution in [3.8, 4) is 0 Å². The topological polar surface area (TPSA) is 75.6 Å². The quantitative estimate of drug-likeness (QED) is 0.542. The summed E-state index contributed by atoms with van der Waals surface area (Å²) in [4.78, 5) is 23.4. The zero-order valence-electron chi connectivity index (χ0n) is 12.5. The summed E-state index contributed by atoms with van der Waals surface area (Å²) in [6, 6.07) is 5.01. The molecule has 1 rings (SSSR count). The molecule has 22 heavy (non-hydrogen) atoms. The van der Waals surface area contributed by atoms with Crippen molar-refractivity contribution in [2.75, 3.05) is 13.2 Å². The van der Waals surface area contributed by atoms with E-state index >= 15 is 0 Å². The summed E-state index contributed by atoms with van der Waals surface area (Å²) in [6.45, 7) is 5.67. The van der Waals surface area contributed by atoms with E-state index in [2.05, 4.69) is 11.9 Å². The van der Waals surface area contributed by atoms with E-state index < -0.39 is 23.2 Å². The predicted molar refractivity (Wildman–Crippen MR) is 79.8 cm³/mol. The molecule has 0 aliphatic carbocycles. The number of amides is 1. The molecule has 0 spiro atoms. The Bertz CT molecular complexity index is 529. The Balaban J connectivity index is 2.67. The number of carbonyl (C=O) groups excluding carboxylic acids is 1. The van der Waals surface area contributed by atoms with Gasteiger partial charge in [-0.2, -0.15) is 0 Å². The summed E-state index contributed by atoms with van der Waals surface area (Å²) in [5, 5.41) is 11.9. The van der Waals surface area contributed by atoms with Gasteiger partial charge in [0.1, 0.15) is 5.82 Å². The Morgan fingerprint density at radius 3 is 2.59 bits per heavy atom. The van der Waals surface area contributed by atoms with Crippen LogP contribution in [-0.4, -0.2) is 30.2 Å². The molecule has 0 fully saturated rings. The third-order valence-electron chi connectivity index (χ3n) is 3.17. The Hall–Kier alpha value is -2.21. The number of carbonyl (C=O) groups is 2. The van der Waals surface area contributed by atoms with Crippen LogP contribution >= 0.6 is 0 Å². The fraction of sp³-hybridized carbons (Fsp3) is 0.375. The lowest BCUT2D eigenvalue weighted by Crippen LogP contribution is -2.49. The van der Waals surface area contributed by atoms with Crippen molar-refractivity contribution in [3.63, 3.8) is 0 Å². The average Bonchev–Trinajstić information content (AvgIpc) is 2.47. The largest absolute Gasteiger partial charge is 0.479 e. The van der Waals surface area contributed by atoms with E-state index in [9.17, 15) is 19.1 Å². The monoisotopic (exact) mass is 309 g/mol. The molecule has 120 valence electrons. The smallest absolute Gasteiger partial charge is 0.333 e. The van der Waals surface area contributed by atoms with E-state index in [0.717, 1.165) is 12.1 Å². The van der Waals surface area contributed by atoms with Crippen LogP contribution in [0.1, 0.15) is 25.3 Å². The molecule has 1 aromatic rings. The van der Waals surface area contributed by atoms with Gasteiger partial charge in [-0.25, -0.2) is 9.18 Å². The second-order valence-electron chi connectivity index (χ2n) is 4.95. The van der Waals surface area contributed by atoms with Crippen LogP contribution in [0.2, 0.25) is 0 Å². The fourth-order valence-electron chi connectivity index (χ4n) is 1.88. The van der Waals surface area contributed by atoms with Crippen molar-refractivity contribution < 1.29 is 23.8 Å². The zero-order valence-corrected chi connectivity index (χ0v) is 12.5. The van der Waals surface area contributed by atoms with E-state index in [1.807, 2.05) is 0 Å². The molecule has 0 aliphatic rings. The van der Waals surface area contributed by atoms with Gasteiger partial charge in [0, 0.05) is 13.0 Å². The molecule has 2 N–H and O–H groups in total. The first kappa shape index (κ1) is 17.8. The molecular formula is C16H20FNO4. The standard InChI is InChI=1S/C16H20FNO4/c1-3-10-22-11-4-5-14(19)18-16(2,15(20)21)12-6-8-13(17)9-7-12/h3,6-9H,1,4-5,10-11H2,2H3,(H,18,19)(H,20,21). The third kappa shape index (κ3) is 4.96. The van der Waals surface area contributed by atoms with Crippen LogP contribution in [0.4, 0.5) is 4.39 Å². The Labute approximate surface area is 128 Å². The molecule has 0 bridgehead atoms. The second-order valence-corrected chi connectivity index (χ2v) is 4.95. The lowest BCUT2D eigenvalue weighted by molar-refractivity contribution is -0.147. The molecule has 0 saturated carbocycles. The number of hydrogen-bond acceptors (Lipinski definition) is 3. The highest BCUT2D eigenvalue weighted by Crippen LogP contribution is 2.22. The van der Waals surface area contributed by atoms with Crippen LogP contribution in [0, 0.1) is 5.82 Å². The fourth-order valence-corrected chi connectivity index (χ4v) is 1.88. The van der Waals surface area contributed by atoms with Gasteiger partial charge in [-0.3, -0.25) is 4.79 Å². The van der Waals surface area contributed by atoms with E-state index in [1.54, 1.807) is 6.08 Å². The van der Waals surface area contributed by atoms with E-state index in [0.29, 0.717) is 25.2 Å². The maximum absolute atomic E-state index is 13.0. The van der Waals surface area contributed by atoms with Crippen LogP contribution in [-0.2, 0) is 19.9 Å². The Morgan fingerprint density at radius 2 is 2.05 bits per heavy atom. The summed E-state index contributed by atoms with van der Waals surface area (Å²) >= 11 is 0. The minimum absolute atomic E-state index is 0.140. The van der Waals surface area contributed by atoms with Crippen molar-refractivity contribution >= 4 is 11.9 Å². The van der Waals surface area contributed by atoms with Crippen molar-refractivity contribution in [1.29, 1.82) is 0 Å². The first-order valence-electron chi connectivity index (χ1n) is 6.89. The highest BCUT2D eigenvalue weighted by atomic mass is 19.1. The summed E-state index contributed by atoms with van der Waals surface area (Å²) < 4.78 is 18.1. The van der Waals surface area contributed by atoms with Crippen LogP contribution in [0.15, 0.2) is 36.9 Å². The molecule has 1 unspecified atom stereocenters. The molecule has 0 radical (unpaired) electrons. The normalized spacial score (nSPS) is 13.2. The lowest BCUT2D eigenvalue weighted by atomic mass is 9.91. The number of carboxylic acids is 1. The molecule has 1 amide bonds. The zero-order chi connectivity index (χ0) is 16.6. The highest BCUT2D eigenvalue weighted by molar-refractivity contribution is 5.87. The minimum atomic E-state index is -1.60. The molecule has 1 aromatic carbocycles. The van der Waals surface area contributed by atoms with Gasteiger partial charge in [0.2, 0.25) is 5.91 Å². The van der Waals surface area contributed by atoms with Crippen LogP contribution < -0.4 is 5.32 Å². The number of aliphatic carboxylic acids is 1. The van der Waals surface area contributed by atoms with Gasteiger partial charge in [0.05, 0.1) is 6.61 Å². The van der Waals surface area contributed by atoms with Crippen molar-refractivity contribution in [2.45, 2.75) is 25.3 Å². The maximum Gasteiger partial charge on any atom is 0.333 e. The van der Waals surface area contributed by atoms with E-state index in [1.165, 1.54) is 19.1 Å². The Morgan fingerprint density at radius 1 is 1.41 bits per heavy atom. The van der Waals surface area contributed by atoms with Gasteiger partial charge in [-0.15, -0.1) is 6.58 Å². The molecule has 5 nitrogen and oxygen atoms in total. The molecule has 0 saturated heterocycles. The number of rotatable bonds is 9. The minimum Gasteiger partial charge on any atom is -0.479 e. The number of halogens is 1. The number of ether oxygens (including phenoxy) is 1. The van der Waals surface area contributed by atoms with Crippen LogP contribution in [0.3, 0.4) is 0 Å². The summed E-state index contributed by atoms with van der Waals surface area (Å²) in [6.07, 6.45) is 2.22.